The molecular weight excluding hydrogens is 202 g/mol. The quantitative estimate of drug-likeness (QED) is 0.624. The lowest BCUT2D eigenvalue weighted by Gasteiger charge is -2.12. The van der Waals surface area contributed by atoms with E-state index in [1.54, 1.807) is 6.20 Å². The second-order valence-corrected chi connectivity index (χ2v) is 3.66. The van der Waals surface area contributed by atoms with Gasteiger partial charge < -0.3 is 10.1 Å². The van der Waals surface area contributed by atoms with Crippen molar-refractivity contribution in [3.8, 4) is 0 Å². The summed E-state index contributed by atoms with van der Waals surface area (Å²) in [4.78, 5) is 10.8. The summed E-state index contributed by atoms with van der Waals surface area (Å²) in [5.41, 5.74) is 2.41. The molecule has 1 rings (SSSR count). The first-order valence-electron chi connectivity index (χ1n) is 5.20. The number of benzene rings is 1. The first-order valence-corrected chi connectivity index (χ1v) is 5.20. The molecule has 0 aliphatic rings. The number of ether oxygens (including phenoxy) is 1. The van der Waals surface area contributed by atoms with E-state index in [0.717, 1.165) is 0 Å². The lowest BCUT2D eigenvalue weighted by atomic mass is 10.1. The van der Waals surface area contributed by atoms with Gasteiger partial charge in [0.25, 0.3) is 0 Å². The summed E-state index contributed by atoms with van der Waals surface area (Å²) < 4.78 is 4.49. The highest BCUT2D eigenvalue weighted by Crippen LogP contribution is 2.13. The van der Waals surface area contributed by atoms with Crippen LogP contribution in [0, 0.1) is 6.92 Å². The first kappa shape index (κ1) is 12.3. The zero-order chi connectivity index (χ0) is 12.0. The molecule has 0 bridgehead atoms. The Morgan fingerprint density at radius 3 is 2.88 bits per heavy atom. The highest BCUT2D eigenvalue weighted by atomic mass is 16.5. The van der Waals surface area contributed by atoms with Crippen LogP contribution in [0.1, 0.15) is 24.1 Å². The van der Waals surface area contributed by atoms with Gasteiger partial charge in [0.05, 0.1) is 7.11 Å². The van der Waals surface area contributed by atoms with Gasteiger partial charge in [-0.1, -0.05) is 29.8 Å². The van der Waals surface area contributed by atoms with Crippen molar-refractivity contribution in [2.45, 2.75) is 19.9 Å². The van der Waals surface area contributed by atoms with Gasteiger partial charge in [0.1, 0.15) is 0 Å². The smallest absolute Gasteiger partial charge is 0.331 e. The summed E-state index contributed by atoms with van der Waals surface area (Å²) in [6, 6.07) is 8.41. The maximum atomic E-state index is 10.8. The van der Waals surface area contributed by atoms with E-state index in [4.69, 9.17) is 0 Å². The van der Waals surface area contributed by atoms with Crippen LogP contribution in [0.15, 0.2) is 36.5 Å². The molecule has 0 aliphatic heterocycles. The molecule has 1 aromatic rings. The summed E-state index contributed by atoms with van der Waals surface area (Å²) in [5, 5.41) is 3.11. The van der Waals surface area contributed by atoms with Crippen LogP contribution in [0.5, 0.6) is 0 Å². The molecule has 0 amide bonds. The van der Waals surface area contributed by atoms with Gasteiger partial charge >= 0.3 is 5.97 Å². The lowest BCUT2D eigenvalue weighted by Crippen LogP contribution is -2.12. The van der Waals surface area contributed by atoms with Crippen LogP contribution in [0.25, 0.3) is 0 Å². The van der Waals surface area contributed by atoms with Crippen LogP contribution in [0.3, 0.4) is 0 Å². The molecule has 0 fully saturated rings. The minimum absolute atomic E-state index is 0.167. The van der Waals surface area contributed by atoms with Crippen molar-refractivity contribution in [2.24, 2.45) is 0 Å². The van der Waals surface area contributed by atoms with Gasteiger partial charge in [0, 0.05) is 18.3 Å². The highest BCUT2D eigenvalue weighted by Gasteiger charge is 2.02. The number of nitrogens with one attached hydrogen (secondary N) is 1. The molecule has 0 saturated carbocycles. The third-order valence-electron chi connectivity index (χ3n) is 2.31. The standard InChI is InChI=1S/C13H17NO2/c1-10-5-4-6-12(9-10)11(2)14-8-7-13(15)16-3/h4-9,11,14H,1-3H3/b8-7+/t11-/m1/s1. The second-order valence-electron chi connectivity index (χ2n) is 3.66. The van der Waals surface area contributed by atoms with Crippen molar-refractivity contribution in [1.29, 1.82) is 0 Å². The largest absolute Gasteiger partial charge is 0.466 e. The molecule has 0 saturated heterocycles. The van der Waals surface area contributed by atoms with Crippen LogP contribution < -0.4 is 5.32 Å². The first-order chi connectivity index (χ1) is 7.63. The molecule has 1 aromatic carbocycles. The Morgan fingerprint density at radius 1 is 1.50 bits per heavy atom. The van der Waals surface area contributed by atoms with Crippen molar-refractivity contribution in [1.82, 2.24) is 5.32 Å². The Bertz CT molecular complexity index is 385. The van der Waals surface area contributed by atoms with E-state index in [1.807, 2.05) is 13.0 Å². The molecular formula is C13H17NO2. The molecule has 0 heterocycles. The number of hydrogen-bond acceptors (Lipinski definition) is 3. The Hall–Kier alpha value is -1.77. The number of hydrogen-bond donors (Lipinski definition) is 1. The zero-order valence-corrected chi connectivity index (χ0v) is 9.86. The number of carbonyl (C=O) groups is 1. The Balaban J connectivity index is 2.56. The molecule has 16 heavy (non-hydrogen) atoms. The summed E-state index contributed by atoms with van der Waals surface area (Å²) in [6.45, 7) is 4.09. The van der Waals surface area contributed by atoms with Crippen LogP contribution in [-0.2, 0) is 9.53 Å². The summed E-state index contributed by atoms with van der Waals surface area (Å²) in [5.74, 6) is -0.357. The fourth-order valence-corrected chi connectivity index (χ4v) is 1.36. The fraction of sp³-hybridized carbons (Fsp3) is 0.308. The maximum absolute atomic E-state index is 10.8. The third kappa shape index (κ3) is 3.77. The number of methoxy groups -OCH3 is 1. The molecule has 86 valence electrons. The van der Waals surface area contributed by atoms with Crippen LogP contribution in [0.2, 0.25) is 0 Å². The van der Waals surface area contributed by atoms with E-state index in [9.17, 15) is 4.79 Å². The van der Waals surface area contributed by atoms with Gasteiger partial charge in [0.15, 0.2) is 0 Å². The monoisotopic (exact) mass is 219 g/mol. The van der Waals surface area contributed by atoms with Crippen molar-refractivity contribution in [3.05, 3.63) is 47.7 Å². The van der Waals surface area contributed by atoms with Crippen LogP contribution in [0.4, 0.5) is 0 Å². The normalized spacial score (nSPS) is 12.4. The average Bonchev–Trinajstić information content (AvgIpc) is 2.28. The molecule has 3 nitrogen and oxygen atoms in total. The van der Waals surface area contributed by atoms with Gasteiger partial charge in [-0.2, -0.15) is 0 Å². The molecule has 0 spiro atoms. The number of carbonyl (C=O) groups excluding carboxylic acids is 1. The molecule has 1 atom stereocenters. The minimum atomic E-state index is -0.357. The molecule has 0 unspecified atom stereocenters. The van der Waals surface area contributed by atoms with Crippen molar-refractivity contribution in [2.75, 3.05) is 7.11 Å². The van der Waals surface area contributed by atoms with E-state index < -0.39 is 0 Å². The van der Waals surface area contributed by atoms with E-state index >= 15 is 0 Å². The Kier molecular flexibility index (Phi) is 4.58. The van der Waals surface area contributed by atoms with Gasteiger partial charge in [0.2, 0.25) is 0 Å². The van der Waals surface area contributed by atoms with E-state index in [1.165, 1.54) is 24.3 Å². The second kappa shape index (κ2) is 5.95. The number of aryl methyl sites for hydroxylation is 1. The summed E-state index contributed by atoms with van der Waals surface area (Å²) >= 11 is 0. The SMILES string of the molecule is COC(=O)/C=C/N[C@H](C)c1cccc(C)c1. The summed E-state index contributed by atoms with van der Waals surface area (Å²) in [6.07, 6.45) is 2.98. The van der Waals surface area contributed by atoms with Crippen LogP contribution >= 0.6 is 0 Å². The third-order valence-corrected chi connectivity index (χ3v) is 2.31. The molecule has 0 radical (unpaired) electrons. The number of esters is 1. The maximum Gasteiger partial charge on any atom is 0.331 e. The van der Waals surface area contributed by atoms with Gasteiger partial charge in [-0.25, -0.2) is 4.79 Å². The Morgan fingerprint density at radius 2 is 2.25 bits per heavy atom. The summed E-state index contributed by atoms with van der Waals surface area (Å²) in [7, 11) is 1.36. The van der Waals surface area contributed by atoms with Gasteiger partial charge in [-0.3, -0.25) is 0 Å². The van der Waals surface area contributed by atoms with E-state index in [0.29, 0.717) is 0 Å². The molecule has 0 aromatic heterocycles. The predicted octanol–water partition coefficient (Wildman–Crippen LogP) is 2.33. The topological polar surface area (TPSA) is 38.3 Å². The van der Waals surface area contributed by atoms with Gasteiger partial charge in [-0.15, -0.1) is 0 Å². The highest BCUT2D eigenvalue weighted by molar-refractivity contribution is 5.81. The predicted molar refractivity (Wildman–Crippen MR) is 63.9 cm³/mol. The van der Waals surface area contributed by atoms with Crippen molar-refractivity contribution < 1.29 is 9.53 Å². The van der Waals surface area contributed by atoms with E-state index in [2.05, 4.69) is 35.2 Å². The van der Waals surface area contributed by atoms with E-state index in [-0.39, 0.29) is 12.0 Å². The van der Waals surface area contributed by atoms with Crippen molar-refractivity contribution in [3.63, 3.8) is 0 Å². The minimum Gasteiger partial charge on any atom is -0.466 e. The fourth-order valence-electron chi connectivity index (χ4n) is 1.36. The zero-order valence-electron chi connectivity index (χ0n) is 9.86. The average molecular weight is 219 g/mol. The lowest BCUT2D eigenvalue weighted by molar-refractivity contribution is -0.134. The molecule has 3 heteroatoms. The Labute approximate surface area is 96.1 Å². The van der Waals surface area contributed by atoms with Gasteiger partial charge in [-0.05, 0) is 19.4 Å². The molecule has 0 aliphatic carbocycles. The molecule has 1 N–H and O–H groups in total. The van der Waals surface area contributed by atoms with Crippen LogP contribution in [-0.4, -0.2) is 13.1 Å². The number of rotatable bonds is 4. The van der Waals surface area contributed by atoms with Crippen molar-refractivity contribution >= 4 is 5.97 Å².